The number of methoxy groups -OCH3 is 1. The molecule has 1 aromatic heterocycles. The van der Waals surface area contributed by atoms with Crippen LogP contribution in [0, 0.1) is 5.82 Å². The second kappa shape index (κ2) is 10.3. The van der Waals surface area contributed by atoms with E-state index in [2.05, 4.69) is 21.9 Å². The van der Waals surface area contributed by atoms with Crippen LogP contribution in [0.15, 0.2) is 55.4 Å². The van der Waals surface area contributed by atoms with Crippen molar-refractivity contribution in [3.05, 3.63) is 72.5 Å². The topological polar surface area (TPSA) is 93.7 Å². The van der Waals surface area contributed by atoms with Crippen LogP contribution in [0.25, 0.3) is 10.9 Å². The van der Waals surface area contributed by atoms with Crippen LogP contribution in [0.1, 0.15) is 28.9 Å². The van der Waals surface area contributed by atoms with Gasteiger partial charge in [0.15, 0.2) is 11.5 Å². The van der Waals surface area contributed by atoms with Crippen LogP contribution in [0.3, 0.4) is 0 Å². The van der Waals surface area contributed by atoms with Gasteiger partial charge in [-0.05, 0) is 29.8 Å². The summed E-state index contributed by atoms with van der Waals surface area (Å²) in [5, 5.41) is 3.33. The summed E-state index contributed by atoms with van der Waals surface area (Å²) < 4.78 is 24.8. The molecule has 0 spiro atoms. The van der Waals surface area contributed by atoms with Crippen LogP contribution in [0.2, 0.25) is 0 Å². The second-order valence-corrected chi connectivity index (χ2v) is 7.90. The van der Waals surface area contributed by atoms with Crippen molar-refractivity contribution in [1.29, 1.82) is 0 Å². The van der Waals surface area contributed by atoms with E-state index < -0.39 is 0 Å². The van der Waals surface area contributed by atoms with E-state index in [1.165, 1.54) is 31.6 Å². The van der Waals surface area contributed by atoms with Crippen molar-refractivity contribution >= 4 is 22.7 Å². The molecule has 2 aromatic carbocycles. The summed E-state index contributed by atoms with van der Waals surface area (Å²) >= 11 is 0. The predicted octanol–water partition coefficient (Wildman–Crippen LogP) is 3.26. The molecule has 0 saturated carbocycles. The summed E-state index contributed by atoms with van der Waals surface area (Å²) in [6.45, 7) is 4.91. The molecule has 34 heavy (non-hydrogen) atoms. The van der Waals surface area contributed by atoms with Gasteiger partial charge >= 0.3 is 0 Å². The number of carbonyl (C=O) groups is 2. The molecule has 0 aliphatic carbocycles. The number of ether oxygens (including phenoxy) is 2. The van der Waals surface area contributed by atoms with Gasteiger partial charge in [0, 0.05) is 43.9 Å². The van der Waals surface area contributed by atoms with Gasteiger partial charge in [0.05, 0.1) is 12.6 Å². The molecule has 1 N–H and O–H groups in total. The van der Waals surface area contributed by atoms with Crippen LogP contribution in [0.5, 0.6) is 11.5 Å². The number of nitrogens with zero attached hydrogens (tertiary/aromatic N) is 3. The number of benzene rings is 2. The molecule has 0 unspecified atom stereocenters. The van der Waals surface area contributed by atoms with Crippen LogP contribution >= 0.6 is 0 Å². The molecule has 0 bridgehead atoms. The van der Waals surface area contributed by atoms with Gasteiger partial charge in [0.2, 0.25) is 5.91 Å². The van der Waals surface area contributed by atoms with Gasteiger partial charge in [-0.3, -0.25) is 9.59 Å². The smallest absolute Gasteiger partial charge is 0.270 e. The Bertz CT molecular complexity index is 1210. The van der Waals surface area contributed by atoms with E-state index >= 15 is 0 Å². The highest BCUT2D eigenvalue weighted by atomic mass is 19.1. The first-order valence-corrected chi connectivity index (χ1v) is 10.9. The van der Waals surface area contributed by atoms with E-state index in [9.17, 15) is 14.0 Å². The van der Waals surface area contributed by atoms with Gasteiger partial charge in [-0.15, -0.1) is 0 Å². The molecule has 1 saturated heterocycles. The average molecular weight is 464 g/mol. The lowest BCUT2D eigenvalue weighted by Gasteiger charge is -2.31. The minimum absolute atomic E-state index is 0.0878. The number of halogens is 1. The van der Waals surface area contributed by atoms with Gasteiger partial charge in [-0.25, -0.2) is 14.4 Å². The van der Waals surface area contributed by atoms with Crippen molar-refractivity contribution in [2.24, 2.45) is 0 Å². The largest absolute Gasteiger partial charge is 0.493 e. The highest BCUT2D eigenvalue weighted by Gasteiger charge is 2.24. The second-order valence-electron chi connectivity index (χ2n) is 7.90. The number of fused-ring (bicyclic) bond motifs is 1. The Balaban J connectivity index is 1.53. The Morgan fingerprint density at radius 1 is 1.18 bits per heavy atom. The third-order valence-corrected chi connectivity index (χ3v) is 5.72. The normalized spacial score (nSPS) is 14.0. The maximum absolute atomic E-state index is 13.1. The maximum Gasteiger partial charge on any atom is 0.270 e. The molecule has 0 radical (unpaired) electrons. The number of likely N-dealkylation sites (tertiary alicyclic amines) is 1. The first-order chi connectivity index (χ1) is 16.5. The summed E-state index contributed by atoms with van der Waals surface area (Å²) in [7, 11) is 1.54. The van der Waals surface area contributed by atoms with Crippen LogP contribution in [-0.2, 0) is 11.3 Å². The fourth-order valence-electron chi connectivity index (χ4n) is 3.87. The number of hydrogen-bond donors (Lipinski definition) is 1. The summed E-state index contributed by atoms with van der Waals surface area (Å²) in [6, 6.07) is 9.32. The third kappa shape index (κ3) is 5.14. The number of aromatic nitrogens is 2. The van der Waals surface area contributed by atoms with E-state index in [1.807, 2.05) is 0 Å². The number of carbonyl (C=O) groups excluding carboxylic acids is 2. The zero-order valence-electron chi connectivity index (χ0n) is 18.8. The standard InChI is InChI=1S/C25H25FN4O4/c1-3-23(31)30-10-8-18(9-11-30)34-22-12-19-20(13-21(22)33-2)28-15-29-24(19)25(32)27-14-16-4-6-17(26)7-5-16/h3-7,12-13,15,18H,1,8-11,14H2,2H3,(H,27,32). The maximum atomic E-state index is 13.1. The molecular weight excluding hydrogens is 439 g/mol. The molecule has 2 amide bonds. The van der Waals surface area contributed by atoms with Crippen molar-refractivity contribution in [2.45, 2.75) is 25.5 Å². The molecule has 4 rings (SSSR count). The van der Waals surface area contributed by atoms with E-state index in [0.717, 1.165) is 5.56 Å². The van der Waals surface area contributed by atoms with Gasteiger partial charge in [0.25, 0.3) is 5.91 Å². The van der Waals surface area contributed by atoms with Crippen molar-refractivity contribution < 1.29 is 23.5 Å². The first kappa shape index (κ1) is 23.2. The van der Waals surface area contributed by atoms with Crippen molar-refractivity contribution in [3.63, 3.8) is 0 Å². The van der Waals surface area contributed by atoms with Gasteiger partial charge in [0.1, 0.15) is 23.9 Å². The summed E-state index contributed by atoms with van der Waals surface area (Å²) in [5.74, 6) is 0.162. The molecule has 3 aromatic rings. The molecule has 0 atom stereocenters. The molecule has 1 aliphatic rings. The zero-order chi connectivity index (χ0) is 24.1. The number of hydrogen-bond acceptors (Lipinski definition) is 6. The lowest BCUT2D eigenvalue weighted by atomic mass is 10.1. The Labute approximate surface area is 196 Å². The van der Waals surface area contributed by atoms with Crippen LogP contribution in [0.4, 0.5) is 4.39 Å². The lowest BCUT2D eigenvalue weighted by molar-refractivity contribution is -0.127. The molecule has 1 aliphatic heterocycles. The Hall–Kier alpha value is -4.01. The first-order valence-electron chi connectivity index (χ1n) is 10.9. The van der Waals surface area contributed by atoms with E-state index in [-0.39, 0.29) is 36.0 Å². The van der Waals surface area contributed by atoms with Gasteiger partial charge in [-0.1, -0.05) is 18.7 Å². The van der Waals surface area contributed by atoms with Gasteiger partial charge < -0.3 is 19.7 Å². The summed E-state index contributed by atoms with van der Waals surface area (Å²) in [5.41, 5.74) is 1.50. The molecule has 8 nitrogen and oxygen atoms in total. The highest BCUT2D eigenvalue weighted by molar-refractivity contribution is 6.04. The number of nitrogens with one attached hydrogen (secondary N) is 1. The minimum atomic E-state index is -0.385. The molecular formula is C25H25FN4O4. The van der Waals surface area contributed by atoms with Crippen LogP contribution < -0.4 is 14.8 Å². The number of rotatable bonds is 7. The monoisotopic (exact) mass is 464 g/mol. The predicted molar refractivity (Wildman–Crippen MR) is 124 cm³/mol. The van der Waals surface area contributed by atoms with Gasteiger partial charge in [-0.2, -0.15) is 0 Å². The number of piperidine rings is 1. The summed E-state index contributed by atoms with van der Waals surface area (Å²) in [6.07, 6.45) is 3.85. The Kier molecular flexibility index (Phi) is 7.01. The fraction of sp³-hybridized carbons (Fsp3) is 0.280. The van der Waals surface area contributed by atoms with E-state index in [4.69, 9.17) is 9.47 Å². The van der Waals surface area contributed by atoms with E-state index in [1.54, 1.807) is 29.2 Å². The van der Waals surface area contributed by atoms with E-state index in [0.29, 0.717) is 48.3 Å². The lowest BCUT2D eigenvalue weighted by Crippen LogP contribution is -2.41. The highest BCUT2D eigenvalue weighted by Crippen LogP contribution is 2.34. The van der Waals surface area contributed by atoms with Crippen molar-refractivity contribution in [2.75, 3.05) is 20.2 Å². The zero-order valence-corrected chi connectivity index (χ0v) is 18.8. The number of amides is 2. The van der Waals surface area contributed by atoms with Crippen molar-refractivity contribution in [1.82, 2.24) is 20.2 Å². The quantitative estimate of drug-likeness (QED) is 0.540. The average Bonchev–Trinajstić information content (AvgIpc) is 2.87. The van der Waals surface area contributed by atoms with Crippen molar-refractivity contribution in [3.8, 4) is 11.5 Å². The Morgan fingerprint density at radius 3 is 2.59 bits per heavy atom. The molecule has 176 valence electrons. The SMILES string of the molecule is C=CC(=O)N1CCC(Oc2cc3c(C(=O)NCc4ccc(F)cc4)ncnc3cc2OC)CC1. The summed E-state index contributed by atoms with van der Waals surface area (Å²) in [4.78, 5) is 34.9. The Morgan fingerprint density at radius 2 is 1.91 bits per heavy atom. The molecule has 9 heteroatoms. The molecule has 2 heterocycles. The minimum Gasteiger partial charge on any atom is -0.493 e. The van der Waals surface area contributed by atoms with Crippen LogP contribution in [-0.4, -0.2) is 53.0 Å². The molecule has 1 fully saturated rings. The fourth-order valence-corrected chi connectivity index (χ4v) is 3.87. The third-order valence-electron chi connectivity index (χ3n) is 5.72.